The van der Waals surface area contributed by atoms with E-state index in [2.05, 4.69) is 56.4 Å². The first-order chi connectivity index (χ1) is 25.5. The third-order valence-corrected chi connectivity index (χ3v) is 9.57. The van der Waals surface area contributed by atoms with Crippen LogP contribution in [0.4, 0.5) is 0 Å². The topological polar surface area (TPSA) is 111 Å². The smallest absolute Gasteiger partial charge is 0.306 e. The third kappa shape index (κ3) is 39.5. The number of hydrogen-bond acceptors (Lipinski definition) is 8. The molecule has 0 aliphatic rings. The molecule has 9 nitrogen and oxygen atoms in total. The summed E-state index contributed by atoms with van der Waals surface area (Å²) in [5, 5.41) is 0. The van der Waals surface area contributed by atoms with Crippen LogP contribution in [-0.2, 0) is 32.7 Å². The van der Waals surface area contributed by atoms with Gasteiger partial charge in [0.1, 0.15) is 19.8 Å². The molecule has 1 unspecified atom stereocenters. The number of carbonyl (C=O) groups excluding carboxylic acids is 2. The summed E-state index contributed by atoms with van der Waals surface area (Å²) in [6.45, 7) is 4.12. The van der Waals surface area contributed by atoms with Crippen molar-refractivity contribution in [3.05, 3.63) is 48.6 Å². The van der Waals surface area contributed by atoms with Gasteiger partial charge in [0.15, 0.2) is 6.10 Å². The van der Waals surface area contributed by atoms with Crippen LogP contribution in [0.5, 0.6) is 0 Å². The van der Waals surface area contributed by atoms with E-state index in [0.717, 1.165) is 38.5 Å². The number of rotatable bonds is 37. The number of quaternary nitrogens is 1. The van der Waals surface area contributed by atoms with Gasteiger partial charge in [-0.25, -0.2) is 0 Å². The molecule has 0 heterocycles. The Morgan fingerprint density at radius 1 is 0.585 bits per heavy atom. The summed E-state index contributed by atoms with van der Waals surface area (Å²) >= 11 is 0. The Labute approximate surface area is 324 Å². The van der Waals surface area contributed by atoms with Crippen LogP contribution < -0.4 is 4.89 Å². The van der Waals surface area contributed by atoms with Crippen LogP contribution in [-0.4, -0.2) is 70.0 Å². The van der Waals surface area contributed by atoms with Gasteiger partial charge in [-0.1, -0.05) is 146 Å². The minimum atomic E-state index is -4.63. The van der Waals surface area contributed by atoms with Gasteiger partial charge in [0, 0.05) is 12.8 Å². The fraction of sp³-hybridized carbons (Fsp3) is 0.767. The Kier molecular flexibility index (Phi) is 34.3. The molecule has 0 radical (unpaired) electrons. The molecule has 0 saturated carbocycles. The Morgan fingerprint density at radius 3 is 1.57 bits per heavy atom. The number of nitrogens with zero attached hydrogens (tertiary/aromatic N) is 1. The van der Waals surface area contributed by atoms with Gasteiger partial charge in [-0.2, -0.15) is 0 Å². The highest BCUT2D eigenvalue weighted by molar-refractivity contribution is 7.45. The average Bonchev–Trinajstić information content (AvgIpc) is 3.10. The SMILES string of the molecule is CCCCC/C=C\C/C=C\C/C=C\C/C=C\CCCC(=O)O[C@H](COC(=O)CCCCCCCCCCCCCC)COP(=O)([O-])OCC[N+](C)(C)C. The molecule has 0 amide bonds. The van der Waals surface area contributed by atoms with Crippen LogP contribution in [0, 0.1) is 0 Å². The highest BCUT2D eigenvalue weighted by Gasteiger charge is 2.21. The van der Waals surface area contributed by atoms with Crippen LogP contribution in [0.2, 0.25) is 0 Å². The van der Waals surface area contributed by atoms with E-state index in [1.807, 2.05) is 27.2 Å². The largest absolute Gasteiger partial charge is 0.756 e. The number of likely N-dealkylation sites (N-methyl/N-ethyl adjacent to an activating group) is 1. The van der Waals surface area contributed by atoms with Crippen molar-refractivity contribution >= 4 is 19.8 Å². The number of phosphoric ester groups is 1. The third-order valence-electron chi connectivity index (χ3n) is 8.60. The van der Waals surface area contributed by atoms with Crippen LogP contribution in [0.1, 0.15) is 162 Å². The zero-order chi connectivity index (χ0) is 39.3. The van der Waals surface area contributed by atoms with Gasteiger partial charge in [0.25, 0.3) is 7.82 Å². The Bertz CT molecular complexity index is 1050. The maximum atomic E-state index is 12.6. The fourth-order valence-electron chi connectivity index (χ4n) is 5.29. The van der Waals surface area contributed by atoms with Gasteiger partial charge in [0.2, 0.25) is 0 Å². The molecule has 0 rings (SSSR count). The first kappa shape index (κ1) is 51.0. The number of esters is 2. The lowest BCUT2D eigenvalue weighted by atomic mass is 10.0. The Hall–Kier alpha value is -2.03. The average molecular weight is 768 g/mol. The van der Waals surface area contributed by atoms with Crippen molar-refractivity contribution in [1.82, 2.24) is 0 Å². The lowest BCUT2D eigenvalue weighted by Gasteiger charge is -2.28. The summed E-state index contributed by atoms with van der Waals surface area (Å²) in [6.07, 6.45) is 40.0. The van der Waals surface area contributed by atoms with Crippen molar-refractivity contribution < 1.29 is 42.1 Å². The minimum absolute atomic E-state index is 0.0414. The van der Waals surface area contributed by atoms with E-state index in [-0.39, 0.29) is 26.1 Å². The molecule has 10 heteroatoms. The van der Waals surface area contributed by atoms with Crippen molar-refractivity contribution in [3.8, 4) is 0 Å². The fourth-order valence-corrected chi connectivity index (χ4v) is 6.02. The highest BCUT2D eigenvalue weighted by atomic mass is 31.2. The first-order valence-corrected chi connectivity index (χ1v) is 22.3. The lowest BCUT2D eigenvalue weighted by Crippen LogP contribution is -2.37. The van der Waals surface area contributed by atoms with Crippen LogP contribution in [0.3, 0.4) is 0 Å². The monoisotopic (exact) mass is 768 g/mol. The molecule has 0 saturated heterocycles. The maximum absolute atomic E-state index is 12.6. The van der Waals surface area contributed by atoms with Crippen molar-refractivity contribution in [2.75, 3.05) is 47.5 Å². The standard InChI is InChI=1S/C43H78NO8P/c1-6-8-10-12-14-16-18-20-21-22-23-24-26-28-30-32-34-36-43(46)52-41(40-51-53(47,48)50-38-37-44(3,4)5)39-49-42(45)35-33-31-29-27-25-19-17-15-13-11-9-7-2/h14,16,20-21,23-24,28,30,41H,6-13,15,17-19,22,25-27,29,31-40H2,1-5H3/b16-14-,21-20-,24-23-,30-28-/t41-/m1/s1. The lowest BCUT2D eigenvalue weighted by molar-refractivity contribution is -0.870. The number of unbranched alkanes of at least 4 members (excludes halogenated alkanes) is 15. The summed E-state index contributed by atoms with van der Waals surface area (Å²) in [4.78, 5) is 37.4. The second-order valence-corrected chi connectivity index (χ2v) is 16.4. The molecule has 0 aromatic heterocycles. The summed E-state index contributed by atoms with van der Waals surface area (Å²) in [7, 11) is 1.13. The van der Waals surface area contributed by atoms with Gasteiger partial charge in [-0.05, 0) is 51.4 Å². The number of hydrogen-bond donors (Lipinski definition) is 0. The number of carbonyl (C=O) groups is 2. The summed E-state index contributed by atoms with van der Waals surface area (Å²) in [5.41, 5.74) is 0. The number of allylic oxidation sites excluding steroid dienone is 8. The molecular formula is C43H78NO8P. The molecule has 0 bridgehead atoms. The van der Waals surface area contributed by atoms with Gasteiger partial charge >= 0.3 is 11.9 Å². The molecular weight excluding hydrogens is 689 g/mol. The molecule has 0 aliphatic heterocycles. The van der Waals surface area contributed by atoms with E-state index in [4.69, 9.17) is 18.5 Å². The van der Waals surface area contributed by atoms with Gasteiger partial charge in [-0.15, -0.1) is 0 Å². The van der Waals surface area contributed by atoms with Crippen molar-refractivity contribution in [1.29, 1.82) is 0 Å². The molecule has 53 heavy (non-hydrogen) atoms. The molecule has 0 N–H and O–H groups in total. The van der Waals surface area contributed by atoms with Gasteiger partial charge in [0.05, 0.1) is 27.7 Å². The van der Waals surface area contributed by atoms with Crippen LogP contribution in [0.15, 0.2) is 48.6 Å². The molecule has 0 aliphatic carbocycles. The maximum Gasteiger partial charge on any atom is 0.306 e. The van der Waals surface area contributed by atoms with E-state index in [9.17, 15) is 19.0 Å². The minimum Gasteiger partial charge on any atom is -0.756 e. The molecule has 0 aromatic carbocycles. The van der Waals surface area contributed by atoms with Crippen LogP contribution >= 0.6 is 7.82 Å². The Balaban J connectivity index is 4.50. The molecule has 0 spiro atoms. The predicted octanol–water partition coefficient (Wildman–Crippen LogP) is 10.9. The Morgan fingerprint density at radius 2 is 1.04 bits per heavy atom. The van der Waals surface area contributed by atoms with E-state index in [1.165, 1.54) is 83.5 Å². The molecule has 2 atom stereocenters. The van der Waals surface area contributed by atoms with E-state index >= 15 is 0 Å². The summed E-state index contributed by atoms with van der Waals surface area (Å²) in [6, 6.07) is 0. The summed E-state index contributed by atoms with van der Waals surface area (Å²) < 4.78 is 33.7. The molecule has 308 valence electrons. The summed E-state index contributed by atoms with van der Waals surface area (Å²) in [5.74, 6) is -0.902. The quantitative estimate of drug-likeness (QED) is 0.0202. The van der Waals surface area contributed by atoms with Crippen molar-refractivity contribution in [3.63, 3.8) is 0 Å². The number of ether oxygens (including phenoxy) is 2. The molecule has 0 fully saturated rings. The van der Waals surface area contributed by atoms with E-state index in [0.29, 0.717) is 23.9 Å². The van der Waals surface area contributed by atoms with Gasteiger partial charge < -0.3 is 27.9 Å². The van der Waals surface area contributed by atoms with Crippen LogP contribution in [0.25, 0.3) is 0 Å². The van der Waals surface area contributed by atoms with Gasteiger partial charge in [-0.3, -0.25) is 14.2 Å². The van der Waals surface area contributed by atoms with E-state index < -0.39 is 32.5 Å². The van der Waals surface area contributed by atoms with E-state index in [1.54, 1.807) is 0 Å². The second-order valence-electron chi connectivity index (χ2n) is 15.0. The zero-order valence-electron chi connectivity index (χ0n) is 34.4. The predicted molar refractivity (Wildman–Crippen MR) is 217 cm³/mol. The second kappa shape index (κ2) is 35.7. The van der Waals surface area contributed by atoms with Crippen molar-refractivity contribution in [2.24, 2.45) is 0 Å². The molecule has 0 aromatic rings. The number of phosphoric acid groups is 1. The first-order valence-electron chi connectivity index (χ1n) is 20.8. The normalized spacial score (nSPS) is 14.2. The van der Waals surface area contributed by atoms with Crippen molar-refractivity contribution in [2.45, 2.75) is 168 Å². The highest BCUT2D eigenvalue weighted by Crippen LogP contribution is 2.38. The zero-order valence-corrected chi connectivity index (χ0v) is 35.3.